The Morgan fingerprint density at radius 3 is 2.89 bits per heavy atom. The molecule has 2 N–H and O–H groups in total. The minimum Gasteiger partial charge on any atom is -0.466 e. The van der Waals surface area contributed by atoms with Crippen molar-refractivity contribution in [3.8, 4) is 0 Å². The van der Waals surface area contributed by atoms with Crippen LogP contribution < -0.4 is 10.6 Å². The molecule has 1 saturated heterocycles. The van der Waals surface area contributed by atoms with Crippen LogP contribution in [-0.4, -0.2) is 55.0 Å². The molecule has 1 unspecified atom stereocenters. The van der Waals surface area contributed by atoms with E-state index in [1.54, 1.807) is 6.07 Å². The van der Waals surface area contributed by atoms with Crippen LogP contribution in [0.1, 0.15) is 31.7 Å². The molecule has 1 heterocycles. The summed E-state index contributed by atoms with van der Waals surface area (Å²) in [4.78, 5) is 38.1. The minimum atomic E-state index is -0.831. The molecule has 0 bridgehead atoms. The molecule has 1 aliphatic heterocycles. The van der Waals surface area contributed by atoms with E-state index < -0.39 is 12.0 Å². The zero-order valence-electron chi connectivity index (χ0n) is 15.5. The van der Waals surface area contributed by atoms with Gasteiger partial charge in [-0.15, -0.1) is 0 Å². The molecule has 1 fully saturated rings. The van der Waals surface area contributed by atoms with Crippen molar-refractivity contribution in [1.82, 2.24) is 15.5 Å². The quantitative estimate of drug-likeness (QED) is 0.488. The average molecular weight is 396 g/mol. The van der Waals surface area contributed by atoms with Gasteiger partial charge in [0.05, 0.1) is 19.6 Å². The third kappa shape index (κ3) is 6.52. The third-order valence-corrected chi connectivity index (χ3v) is 4.69. The Morgan fingerprint density at radius 2 is 2.15 bits per heavy atom. The van der Waals surface area contributed by atoms with Gasteiger partial charge in [0.25, 0.3) is 0 Å². The van der Waals surface area contributed by atoms with E-state index in [0.717, 1.165) is 18.4 Å². The van der Waals surface area contributed by atoms with Crippen LogP contribution in [0.2, 0.25) is 5.02 Å². The van der Waals surface area contributed by atoms with Crippen LogP contribution in [-0.2, 0) is 25.7 Å². The first-order chi connectivity index (χ1) is 13.0. The summed E-state index contributed by atoms with van der Waals surface area (Å²) in [6.07, 6.45) is 1.56. The van der Waals surface area contributed by atoms with E-state index in [4.69, 9.17) is 16.3 Å². The molecule has 1 aliphatic rings. The molecule has 0 aliphatic carbocycles. The van der Waals surface area contributed by atoms with Gasteiger partial charge in [-0.2, -0.15) is 0 Å². The first-order valence-electron chi connectivity index (χ1n) is 9.19. The van der Waals surface area contributed by atoms with Gasteiger partial charge in [-0.25, -0.2) is 0 Å². The predicted octanol–water partition coefficient (Wildman–Crippen LogP) is 1.49. The molecular formula is C19H26ClN3O4. The standard InChI is InChI=1S/C19H26ClN3O4/c1-2-3-10-27-18(25)11-16-19(26)22-8-9-23(16)17(24)13-21-12-14-6-4-5-7-15(14)20/h4-7,16,21H,2-3,8-13H2,1H3,(H,22,26). The van der Waals surface area contributed by atoms with E-state index in [2.05, 4.69) is 10.6 Å². The molecule has 0 radical (unpaired) electrons. The molecule has 1 aromatic carbocycles. The highest BCUT2D eigenvalue weighted by atomic mass is 35.5. The van der Waals surface area contributed by atoms with Crippen LogP contribution in [0.25, 0.3) is 0 Å². The van der Waals surface area contributed by atoms with Gasteiger partial charge < -0.3 is 20.3 Å². The number of carbonyl (C=O) groups is 3. The van der Waals surface area contributed by atoms with Crippen LogP contribution >= 0.6 is 11.6 Å². The summed E-state index contributed by atoms with van der Waals surface area (Å²) in [7, 11) is 0. The van der Waals surface area contributed by atoms with Crippen molar-refractivity contribution >= 4 is 29.4 Å². The number of unbranched alkanes of at least 4 members (excludes halogenated alkanes) is 1. The Kier molecular flexibility index (Phi) is 8.54. The van der Waals surface area contributed by atoms with Crippen LogP contribution in [0.4, 0.5) is 0 Å². The Bertz CT molecular complexity index is 668. The van der Waals surface area contributed by atoms with Crippen molar-refractivity contribution in [2.75, 3.05) is 26.2 Å². The highest BCUT2D eigenvalue weighted by Crippen LogP contribution is 2.14. The van der Waals surface area contributed by atoms with E-state index in [0.29, 0.717) is 31.3 Å². The molecule has 1 aromatic rings. The van der Waals surface area contributed by atoms with Crippen molar-refractivity contribution in [2.45, 2.75) is 38.8 Å². The summed E-state index contributed by atoms with van der Waals surface area (Å²) in [5, 5.41) is 6.37. The summed E-state index contributed by atoms with van der Waals surface area (Å²) < 4.78 is 5.13. The fourth-order valence-corrected chi connectivity index (χ4v) is 3.01. The lowest BCUT2D eigenvalue weighted by Gasteiger charge is -2.34. The monoisotopic (exact) mass is 395 g/mol. The molecule has 27 heavy (non-hydrogen) atoms. The molecule has 7 nitrogen and oxygen atoms in total. The fourth-order valence-electron chi connectivity index (χ4n) is 2.81. The normalized spacial score (nSPS) is 16.7. The van der Waals surface area contributed by atoms with Gasteiger partial charge in [0.1, 0.15) is 6.04 Å². The molecule has 8 heteroatoms. The minimum absolute atomic E-state index is 0.0554. The number of piperazine rings is 1. The molecule has 2 rings (SSSR count). The molecular weight excluding hydrogens is 370 g/mol. The number of nitrogens with zero attached hydrogens (tertiary/aromatic N) is 1. The number of hydrogen-bond donors (Lipinski definition) is 2. The lowest BCUT2D eigenvalue weighted by molar-refractivity contribution is -0.151. The van der Waals surface area contributed by atoms with Crippen LogP contribution in [0, 0.1) is 0 Å². The largest absolute Gasteiger partial charge is 0.466 e. The highest BCUT2D eigenvalue weighted by Gasteiger charge is 2.34. The second-order valence-corrected chi connectivity index (χ2v) is 6.77. The van der Waals surface area contributed by atoms with Crippen LogP contribution in [0.3, 0.4) is 0 Å². The number of rotatable bonds is 9. The molecule has 2 amide bonds. The Hall–Kier alpha value is -2.12. The lowest BCUT2D eigenvalue weighted by atomic mass is 10.1. The lowest BCUT2D eigenvalue weighted by Crippen LogP contribution is -2.59. The number of hydrogen-bond acceptors (Lipinski definition) is 5. The van der Waals surface area contributed by atoms with Crippen molar-refractivity contribution in [1.29, 1.82) is 0 Å². The second-order valence-electron chi connectivity index (χ2n) is 6.37. The summed E-state index contributed by atoms with van der Waals surface area (Å²) in [6, 6.07) is 6.55. The number of halogens is 1. The van der Waals surface area contributed by atoms with Gasteiger partial charge in [-0.05, 0) is 18.1 Å². The Morgan fingerprint density at radius 1 is 1.37 bits per heavy atom. The average Bonchev–Trinajstić information content (AvgIpc) is 2.65. The maximum Gasteiger partial charge on any atom is 0.308 e. The maximum absolute atomic E-state index is 12.6. The number of benzene rings is 1. The number of nitrogens with one attached hydrogen (secondary N) is 2. The Balaban J connectivity index is 1.88. The van der Waals surface area contributed by atoms with Crippen molar-refractivity contribution in [2.24, 2.45) is 0 Å². The van der Waals surface area contributed by atoms with Crippen molar-refractivity contribution < 1.29 is 19.1 Å². The van der Waals surface area contributed by atoms with E-state index in [1.165, 1.54) is 4.90 Å². The first-order valence-corrected chi connectivity index (χ1v) is 9.57. The fraction of sp³-hybridized carbons (Fsp3) is 0.526. The van der Waals surface area contributed by atoms with Crippen molar-refractivity contribution in [3.63, 3.8) is 0 Å². The van der Waals surface area contributed by atoms with E-state index in [1.807, 2.05) is 25.1 Å². The number of ether oxygens (including phenoxy) is 1. The summed E-state index contributed by atoms with van der Waals surface area (Å²) in [6.45, 7) is 3.56. The smallest absolute Gasteiger partial charge is 0.308 e. The van der Waals surface area contributed by atoms with Crippen LogP contribution in [0.15, 0.2) is 24.3 Å². The maximum atomic E-state index is 12.6. The predicted molar refractivity (Wildman–Crippen MR) is 102 cm³/mol. The number of carbonyl (C=O) groups excluding carboxylic acids is 3. The number of esters is 1. The zero-order valence-corrected chi connectivity index (χ0v) is 16.3. The van der Waals surface area contributed by atoms with E-state index in [-0.39, 0.29) is 24.8 Å². The molecule has 0 aromatic heterocycles. The molecule has 1 atom stereocenters. The van der Waals surface area contributed by atoms with Gasteiger partial charge in [0.2, 0.25) is 11.8 Å². The molecule has 0 saturated carbocycles. The number of amides is 2. The summed E-state index contributed by atoms with van der Waals surface area (Å²) in [5.41, 5.74) is 0.888. The van der Waals surface area contributed by atoms with Gasteiger partial charge >= 0.3 is 5.97 Å². The first kappa shape index (κ1) is 21.2. The topological polar surface area (TPSA) is 87.7 Å². The van der Waals surface area contributed by atoms with Gasteiger partial charge in [-0.3, -0.25) is 14.4 Å². The van der Waals surface area contributed by atoms with E-state index in [9.17, 15) is 14.4 Å². The summed E-state index contributed by atoms with van der Waals surface area (Å²) >= 11 is 6.10. The summed E-state index contributed by atoms with van der Waals surface area (Å²) in [5.74, 6) is -1.02. The van der Waals surface area contributed by atoms with Gasteiger partial charge in [0, 0.05) is 24.7 Å². The van der Waals surface area contributed by atoms with Gasteiger partial charge in [0.15, 0.2) is 0 Å². The molecule has 0 spiro atoms. The SMILES string of the molecule is CCCCOC(=O)CC1C(=O)NCCN1C(=O)CNCc1ccccc1Cl. The van der Waals surface area contributed by atoms with E-state index >= 15 is 0 Å². The highest BCUT2D eigenvalue weighted by molar-refractivity contribution is 6.31. The van der Waals surface area contributed by atoms with Gasteiger partial charge in [-0.1, -0.05) is 43.1 Å². The second kappa shape index (κ2) is 10.9. The van der Waals surface area contributed by atoms with Crippen molar-refractivity contribution in [3.05, 3.63) is 34.9 Å². The third-order valence-electron chi connectivity index (χ3n) is 4.32. The van der Waals surface area contributed by atoms with Crippen LogP contribution in [0.5, 0.6) is 0 Å². The molecule has 148 valence electrons. The zero-order chi connectivity index (χ0) is 19.6. The Labute approximate surface area is 164 Å².